The molecule has 0 radical (unpaired) electrons. The van der Waals surface area contributed by atoms with Crippen LogP contribution >= 0.6 is 0 Å². The Kier molecular flexibility index (Phi) is 4.57. The summed E-state index contributed by atoms with van der Waals surface area (Å²) in [4.78, 5) is 0. The zero-order chi connectivity index (χ0) is 30.0. The normalized spacial score (nSPS) is 15.9. The van der Waals surface area contributed by atoms with Gasteiger partial charge in [0, 0.05) is 10.8 Å². The summed E-state index contributed by atoms with van der Waals surface area (Å²) in [7, 11) is 0. The summed E-state index contributed by atoms with van der Waals surface area (Å²) in [6.45, 7) is 0. The molecular weight excluding hydrogens is 555 g/mol. The number of hydrogen-bond acceptors (Lipinski definition) is 0. The van der Waals surface area contributed by atoms with E-state index in [1.165, 1.54) is 93.5 Å². The molecule has 1 aliphatic heterocycles. The lowest BCUT2D eigenvalue weighted by Crippen LogP contribution is -2.34. The first-order valence-electron chi connectivity index (χ1n) is 16.1. The molecule has 0 saturated heterocycles. The van der Waals surface area contributed by atoms with Gasteiger partial charge in [0.15, 0.2) is 0 Å². The van der Waals surface area contributed by atoms with E-state index in [2.05, 4.69) is 168 Å². The first kappa shape index (κ1) is 24.4. The van der Waals surface area contributed by atoms with Crippen LogP contribution in [-0.2, 0) is 5.41 Å². The van der Waals surface area contributed by atoms with Crippen molar-refractivity contribution in [2.45, 2.75) is 5.41 Å². The van der Waals surface area contributed by atoms with Crippen LogP contribution in [0.25, 0.3) is 71.3 Å². The molecule has 212 valence electrons. The molecule has 1 heteroatoms. The van der Waals surface area contributed by atoms with Gasteiger partial charge in [0.2, 0.25) is 0 Å². The maximum atomic E-state index is 2.52. The molecule has 8 aromatic carbocycles. The molecule has 1 atom stereocenters. The lowest BCUT2D eigenvalue weighted by molar-refractivity contribution is 0.750. The smallest absolute Gasteiger partial charge is 0.0760 e. The second-order valence-electron chi connectivity index (χ2n) is 12.8. The van der Waals surface area contributed by atoms with Crippen molar-refractivity contribution in [2.24, 2.45) is 0 Å². The van der Waals surface area contributed by atoms with Gasteiger partial charge in [-0.05, 0) is 84.3 Å². The van der Waals surface area contributed by atoms with Crippen LogP contribution in [0.4, 0.5) is 0 Å². The Hall–Kier alpha value is -5.92. The Labute approximate surface area is 266 Å². The van der Waals surface area contributed by atoms with Crippen molar-refractivity contribution in [2.75, 3.05) is 0 Å². The van der Waals surface area contributed by atoms with Crippen molar-refractivity contribution >= 4 is 43.4 Å². The average molecular weight is 582 g/mol. The summed E-state index contributed by atoms with van der Waals surface area (Å²) < 4.78 is 2.52. The third-order valence-electron chi connectivity index (χ3n) is 10.8. The minimum absolute atomic E-state index is 0.471. The van der Waals surface area contributed by atoms with Crippen LogP contribution in [-0.4, -0.2) is 4.57 Å². The van der Waals surface area contributed by atoms with Gasteiger partial charge in [-0.3, -0.25) is 0 Å². The lowest BCUT2D eigenvalue weighted by Gasteiger charge is -2.40. The minimum Gasteiger partial charge on any atom is -0.309 e. The van der Waals surface area contributed by atoms with E-state index in [-0.39, 0.29) is 0 Å². The van der Waals surface area contributed by atoms with E-state index in [1.807, 2.05) is 0 Å². The number of para-hydroxylation sites is 3. The number of fused-ring (bicyclic) bond motifs is 15. The Bertz CT molecular complexity index is 2760. The molecule has 0 bridgehead atoms. The molecular formula is C45H27N. The van der Waals surface area contributed by atoms with Gasteiger partial charge >= 0.3 is 0 Å². The molecule has 2 aliphatic rings. The minimum atomic E-state index is -0.471. The summed E-state index contributed by atoms with van der Waals surface area (Å²) in [5, 5.41) is 7.75. The molecule has 1 unspecified atom stereocenters. The molecule has 0 saturated carbocycles. The largest absolute Gasteiger partial charge is 0.309 e. The first-order valence-corrected chi connectivity index (χ1v) is 16.1. The maximum absolute atomic E-state index is 2.52. The van der Waals surface area contributed by atoms with E-state index in [0.29, 0.717) is 0 Å². The fourth-order valence-electron chi connectivity index (χ4n) is 9.04. The Morgan fingerprint density at radius 2 is 1.04 bits per heavy atom. The van der Waals surface area contributed by atoms with Gasteiger partial charge in [-0.25, -0.2) is 0 Å². The van der Waals surface area contributed by atoms with Crippen LogP contribution in [0.5, 0.6) is 0 Å². The third-order valence-corrected chi connectivity index (χ3v) is 10.8. The van der Waals surface area contributed by atoms with Gasteiger partial charge in [0.25, 0.3) is 0 Å². The molecule has 11 rings (SSSR count). The first-order chi connectivity index (χ1) is 22.8. The molecule has 1 aliphatic carbocycles. The Balaban J connectivity index is 1.31. The zero-order valence-corrected chi connectivity index (χ0v) is 25.0. The summed E-state index contributed by atoms with van der Waals surface area (Å²) in [5.41, 5.74) is 14.0. The molecule has 2 heterocycles. The summed E-state index contributed by atoms with van der Waals surface area (Å²) in [5.74, 6) is 0. The molecule has 0 amide bonds. The number of rotatable bonds is 1. The Morgan fingerprint density at radius 3 is 2.00 bits per heavy atom. The molecule has 46 heavy (non-hydrogen) atoms. The van der Waals surface area contributed by atoms with Crippen molar-refractivity contribution in [3.05, 3.63) is 186 Å². The van der Waals surface area contributed by atoms with Gasteiger partial charge in [-0.1, -0.05) is 146 Å². The van der Waals surface area contributed by atoms with Crippen molar-refractivity contribution < 1.29 is 0 Å². The van der Waals surface area contributed by atoms with E-state index < -0.39 is 5.41 Å². The van der Waals surface area contributed by atoms with E-state index in [0.717, 1.165) is 0 Å². The van der Waals surface area contributed by atoms with Crippen molar-refractivity contribution in [3.8, 4) is 27.9 Å². The van der Waals surface area contributed by atoms with Gasteiger partial charge in [0.1, 0.15) is 0 Å². The van der Waals surface area contributed by atoms with E-state index in [4.69, 9.17) is 0 Å². The predicted molar refractivity (Wildman–Crippen MR) is 192 cm³/mol. The van der Waals surface area contributed by atoms with Crippen LogP contribution in [0.1, 0.15) is 22.3 Å². The van der Waals surface area contributed by atoms with Gasteiger partial charge < -0.3 is 4.57 Å². The zero-order valence-electron chi connectivity index (χ0n) is 25.0. The van der Waals surface area contributed by atoms with E-state index in [1.54, 1.807) is 0 Å². The molecule has 1 aromatic heterocycles. The van der Waals surface area contributed by atoms with E-state index >= 15 is 0 Å². The summed E-state index contributed by atoms with van der Waals surface area (Å²) in [6.07, 6.45) is 0. The second-order valence-corrected chi connectivity index (χ2v) is 12.8. The van der Waals surface area contributed by atoms with Gasteiger partial charge in [-0.15, -0.1) is 0 Å². The van der Waals surface area contributed by atoms with Crippen LogP contribution in [0, 0.1) is 0 Å². The topological polar surface area (TPSA) is 4.93 Å². The molecule has 0 fully saturated rings. The van der Waals surface area contributed by atoms with Crippen LogP contribution in [0.15, 0.2) is 164 Å². The SMILES string of the molecule is c1ccc2c(c1)-c1cccc(-c3ccc4c(ccc5ccccc54)c3)c1C21c2ccccc2-n2c3ccccc3c3cccc1c32. The van der Waals surface area contributed by atoms with Crippen molar-refractivity contribution in [1.29, 1.82) is 0 Å². The summed E-state index contributed by atoms with van der Waals surface area (Å²) >= 11 is 0. The number of aromatic nitrogens is 1. The monoisotopic (exact) mass is 581 g/mol. The third kappa shape index (κ3) is 2.83. The second kappa shape index (κ2) is 8.62. The fourth-order valence-corrected chi connectivity index (χ4v) is 9.04. The van der Waals surface area contributed by atoms with E-state index in [9.17, 15) is 0 Å². The maximum Gasteiger partial charge on any atom is 0.0760 e. The number of nitrogens with zero attached hydrogens (tertiary/aromatic N) is 1. The fraction of sp³-hybridized carbons (Fsp3) is 0.0222. The van der Waals surface area contributed by atoms with Gasteiger partial charge in [-0.2, -0.15) is 0 Å². The van der Waals surface area contributed by atoms with Crippen molar-refractivity contribution in [3.63, 3.8) is 0 Å². The highest BCUT2D eigenvalue weighted by atomic mass is 15.0. The van der Waals surface area contributed by atoms with Crippen LogP contribution in [0.2, 0.25) is 0 Å². The van der Waals surface area contributed by atoms with Crippen LogP contribution < -0.4 is 0 Å². The standard InChI is InChI=1S/C45H27N/c1-2-12-31-28(11-1)23-24-29-27-30(25-26-32(29)31)33-15-9-16-36-34-13-3-5-18-38(34)45(43(33)36)39-19-6-8-22-42(39)46-41-21-7-4-14-35(41)37-17-10-20-40(45)44(37)46/h1-27H. The predicted octanol–water partition coefficient (Wildman–Crippen LogP) is 11.4. The molecule has 1 spiro atoms. The molecule has 1 nitrogen and oxygen atoms in total. The summed E-state index contributed by atoms with van der Waals surface area (Å²) in [6, 6.07) is 61.3. The lowest BCUT2D eigenvalue weighted by atomic mass is 9.64. The van der Waals surface area contributed by atoms with Crippen LogP contribution in [0.3, 0.4) is 0 Å². The highest BCUT2D eigenvalue weighted by molar-refractivity contribution is 6.13. The number of hydrogen-bond donors (Lipinski definition) is 0. The average Bonchev–Trinajstić information content (AvgIpc) is 3.62. The van der Waals surface area contributed by atoms with Crippen molar-refractivity contribution in [1.82, 2.24) is 4.57 Å². The molecule has 9 aromatic rings. The highest BCUT2D eigenvalue weighted by Gasteiger charge is 2.51. The van der Waals surface area contributed by atoms with Gasteiger partial charge in [0.05, 0.1) is 22.1 Å². The number of benzene rings is 8. The Morgan fingerprint density at radius 1 is 0.391 bits per heavy atom. The molecule has 0 N–H and O–H groups in total. The quantitative estimate of drug-likeness (QED) is 0.170. The highest BCUT2D eigenvalue weighted by Crippen LogP contribution is 2.62.